The van der Waals surface area contributed by atoms with Gasteiger partial charge in [0.1, 0.15) is 0 Å². The van der Waals surface area contributed by atoms with E-state index in [1.54, 1.807) is 0 Å². The minimum atomic E-state index is 0.255. The van der Waals surface area contributed by atoms with Crippen molar-refractivity contribution < 1.29 is 5.11 Å². The van der Waals surface area contributed by atoms with Crippen molar-refractivity contribution >= 4 is 5.69 Å². The average Bonchev–Trinajstić information content (AvgIpc) is 2.41. The molecule has 0 aliphatic carbocycles. The SMILES string of the molecule is CCc1ccccc1N1CC(C)NCC1CCO. The summed E-state index contributed by atoms with van der Waals surface area (Å²) < 4.78 is 0. The minimum Gasteiger partial charge on any atom is -0.396 e. The van der Waals surface area contributed by atoms with Crippen molar-refractivity contribution in [3.63, 3.8) is 0 Å². The lowest BCUT2D eigenvalue weighted by molar-refractivity contribution is 0.260. The summed E-state index contributed by atoms with van der Waals surface area (Å²) in [6, 6.07) is 9.54. The van der Waals surface area contributed by atoms with E-state index in [1.165, 1.54) is 11.3 Å². The molecule has 0 bridgehead atoms. The van der Waals surface area contributed by atoms with Gasteiger partial charge in [0.15, 0.2) is 0 Å². The van der Waals surface area contributed by atoms with Gasteiger partial charge in [0, 0.05) is 37.5 Å². The highest BCUT2D eigenvalue weighted by atomic mass is 16.3. The summed E-state index contributed by atoms with van der Waals surface area (Å²) in [5.74, 6) is 0. The number of benzene rings is 1. The Bertz CT molecular complexity index is 381. The van der Waals surface area contributed by atoms with Gasteiger partial charge in [-0.15, -0.1) is 0 Å². The number of aliphatic hydroxyl groups is 1. The predicted octanol–water partition coefficient (Wildman–Crippen LogP) is 1.80. The minimum absolute atomic E-state index is 0.255. The van der Waals surface area contributed by atoms with Crippen molar-refractivity contribution in [2.24, 2.45) is 0 Å². The van der Waals surface area contributed by atoms with E-state index >= 15 is 0 Å². The van der Waals surface area contributed by atoms with Crippen molar-refractivity contribution in [3.05, 3.63) is 29.8 Å². The number of piperazine rings is 1. The average molecular weight is 248 g/mol. The molecule has 1 aliphatic heterocycles. The molecule has 1 aliphatic rings. The molecule has 2 atom stereocenters. The van der Waals surface area contributed by atoms with Crippen LogP contribution in [0, 0.1) is 0 Å². The zero-order valence-electron chi connectivity index (χ0n) is 11.4. The van der Waals surface area contributed by atoms with Crippen LogP contribution in [0.5, 0.6) is 0 Å². The van der Waals surface area contributed by atoms with Crippen LogP contribution >= 0.6 is 0 Å². The number of hydrogen-bond acceptors (Lipinski definition) is 3. The summed E-state index contributed by atoms with van der Waals surface area (Å²) >= 11 is 0. The van der Waals surface area contributed by atoms with Gasteiger partial charge in [-0.2, -0.15) is 0 Å². The molecule has 0 amide bonds. The van der Waals surface area contributed by atoms with Crippen LogP contribution < -0.4 is 10.2 Å². The van der Waals surface area contributed by atoms with Gasteiger partial charge in [0.25, 0.3) is 0 Å². The first kappa shape index (κ1) is 13.4. The fraction of sp³-hybridized carbons (Fsp3) is 0.600. The summed E-state index contributed by atoms with van der Waals surface area (Å²) in [7, 11) is 0. The van der Waals surface area contributed by atoms with E-state index in [2.05, 4.69) is 48.3 Å². The third-order valence-corrected chi connectivity index (χ3v) is 3.76. The molecule has 3 nitrogen and oxygen atoms in total. The van der Waals surface area contributed by atoms with Gasteiger partial charge in [-0.25, -0.2) is 0 Å². The van der Waals surface area contributed by atoms with Crippen LogP contribution in [0.4, 0.5) is 5.69 Å². The Balaban J connectivity index is 2.25. The first-order chi connectivity index (χ1) is 8.76. The van der Waals surface area contributed by atoms with Crippen LogP contribution in [0.2, 0.25) is 0 Å². The Hall–Kier alpha value is -1.06. The fourth-order valence-corrected chi connectivity index (χ4v) is 2.75. The molecule has 0 spiro atoms. The van der Waals surface area contributed by atoms with Crippen molar-refractivity contribution in [2.75, 3.05) is 24.6 Å². The first-order valence-corrected chi connectivity index (χ1v) is 6.95. The molecule has 1 fully saturated rings. The lowest BCUT2D eigenvalue weighted by Crippen LogP contribution is -2.56. The number of nitrogens with zero attached hydrogens (tertiary/aromatic N) is 1. The fourth-order valence-electron chi connectivity index (χ4n) is 2.75. The van der Waals surface area contributed by atoms with Crippen molar-refractivity contribution in [3.8, 4) is 0 Å². The molecule has 100 valence electrons. The van der Waals surface area contributed by atoms with Gasteiger partial charge in [-0.1, -0.05) is 25.1 Å². The number of nitrogens with one attached hydrogen (secondary N) is 1. The predicted molar refractivity (Wildman–Crippen MR) is 76.1 cm³/mol. The molecule has 0 aromatic heterocycles. The maximum absolute atomic E-state index is 9.22. The molecule has 2 unspecified atom stereocenters. The molecule has 1 aromatic rings. The molecule has 3 heteroatoms. The molecule has 2 rings (SSSR count). The Kier molecular flexibility index (Phi) is 4.61. The zero-order chi connectivity index (χ0) is 13.0. The lowest BCUT2D eigenvalue weighted by Gasteiger charge is -2.41. The van der Waals surface area contributed by atoms with Gasteiger partial charge in [0.2, 0.25) is 0 Å². The molecular formula is C15H24N2O. The Morgan fingerprint density at radius 1 is 1.39 bits per heavy atom. The highest BCUT2D eigenvalue weighted by molar-refractivity contribution is 5.55. The second-order valence-corrected chi connectivity index (χ2v) is 5.11. The third-order valence-electron chi connectivity index (χ3n) is 3.76. The van der Waals surface area contributed by atoms with Crippen LogP contribution in [0.3, 0.4) is 0 Å². The van der Waals surface area contributed by atoms with Crippen LogP contribution in [-0.2, 0) is 6.42 Å². The van der Waals surface area contributed by atoms with Gasteiger partial charge in [-0.05, 0) is 31.4 Å². The van der Waals surface area contributed by atoms with E-state index < -0.39 is 0 Å². The number of aliphatic hydroxyl groups excluding tert-OH is 1. The molecule has 1 aromatic carbocycles. The third kappa shape index (κ3) is 2.85. The zero-order valence-corrected chi connectivity index (χ0v) is 11.4. The van der Waals surface area contributed by atoms with Gasteiger partial charge >= 0.3 is 0 Å². The number of para-hydroxylation sites is 1. The standard InChI is InChI=1S/C15H24N2O/c1-3-13-6-4-5-7-15(13)17-11-12(2)16-10-14(17)8-9-18/h4-7,12,14,16,18H,3,8-11H2,1-2H3. The molecule has 1 heterocycles. The summed E-state index contributed by atoms with van der Waals surface area (Å²) in [4.78, 5) is 2.47. The quantitative estimate of drug-likeness (QED) is 0.853. The highest BCUT2D eigenvalue weighted by Gasteiger charge is 2.26. The van der Waals surface area contributed by atoms with E-state index in [1.807, 2.05) is 0 Å². The monoisotopic (exact) mass is 248 g/mol. The highest BCUT2D eigenvalue weighted by Crippen LogP contribution is 2.25. The van der Waals surface area contributed by atoms with Crippen LogP contribution in [0.1, 0.15) is 25.8 Å². The van der Waals surface area contributed by atoms with Crippen molar-refractivity contribution in [1.29, 1.82) is 0 Å². The summed E-state index contributed by atoms with van der Waals surface area (Å²) in [6.45, 7) is 6.65. The normalized spacial score (nSPS) is 24.3. The number of aryl methyl sites for hydroxylation is 1. The molecule has 0 radical (unpaired) electrons. The van der Waals surface area contributed by atoms with Crippen molar-refractivity contribution in [1.82, 2.24) is 5.32 Å². The van der Waals surface area contributed by atoms with E-state index in [9.17, 15) is 5.11 Å². The maximum Gasteiger partial charge on any atom is 0.0451 e. The summed E-state index contributed by atoms with van der Waals surface area (Å²) in [6.07, 6.45) is 1.89. The molecule has 1 saturated heterocycles. The van der Waals surface area contributed by atoms with E-state index in [-0.39, 0.29) is 6.61 Å². The first-order valence-electron chi connectivity index (χ1n) is 6.95. The van der Waals surface area contributed by atoms with Crippen molar-refractivity contribution in [2.45, 2.75) is 38.8 Å². The van der Waals surface area contributed by atoms with Gasteiger partial charge in [0.05, 0.1) is 0 Å². The van der Waals surface area contributed by atoms with E-state index in [0.717, 1.165) is 25.9 Å². The molecule has 2 N–H and O–H groups in total. The van der Waals surface area contributed by atoms with E-state index in [4.69, 9.17) is 0 Å². The maximum atomic E-state index is 9.22. The van der Waals surface area contributed by atoms with Gasteiger partial charge in [-0.3, -0.25) is 0 Å². The van der Waals surface area contributed by atoms with E-state index in [0.29, 0.717) is 12.1 Å². The van der Waals surface area contributed by atoms with Crippen LogP contribution in [-0.4, -0.2) is 36.9 Å². The molecular weight excluding hydrogens is 224 g/mol. The van der Waals surface area contributed by atoms with Crippen LogP contribution in [0.15, 0.2) is 24.3 Å². The Labute approximate surface area is 110 Å². The largest absolute Gasteiger partial charge is 0.396 e. The van der Waals surface area contributed by atoms with Crippen LogP contribution in [0.25, 0.3) is 0 Å². The summed E-state index contributed by atoms with van der Waals surface area (Å²) in [5, 5.41) is 12.7. The summed E-state index contributed by atoms with van der Waals surface area (Å²) in [5.41, 5.74) is 2.74. The van der Waals surface area contributed by atoms with Gasteiger partial charge < -0.3 is 15.3 Å². The Morgan fingerprint density at radius 2 is 2.17 bits per heavy atom. The smallest absolute Gasteiger partial charge is 0.0451 e. The Morgan fingerprint density at radius 3 is 2.89 bits per heavy atom. The second kappa shape index (κ2) is 6.21. The number of hydrogen-bond donors (Lipinski definition) is 2. The number of rotatable bonds is 4. The number of anilines is 1. The topological polar surface area (TPSA) is 35.5 Å². The molecule has 18 heavy (non-hydrogen) atoms. The second-order valence-electron chi connectivity index (χ2n) is 5.11. The molecule has 0 saturated carbocycles. The lowest BCUT2D eigenvalue weighted by atomic mass is 10.0.